The van der Waals surface area contributed by atoms with E-state index in [1.54, 1.807) is 0 Å². The number of nitro groups is 1. The highest BCUT2D eigenvalue weighted by molar-refractivity contribution is 6.00. The average molecular weight is 464 g/mol. The van der Waals surface area contributed by atoms with Crippen molar-refractivity contribution >= 4 is 28.9 Å². The van der Waals surface area contributed by atoms with Gasteiger partial charge in [-0.3, -0.25) is 19.7 Å². The molecule has 1 fully saturated rings. The summed E-state index contributed by atoms with van der Waals surface area (Å²) in [7, 11) is 0. The molecule has 2 amide bonds. The Kier molecular flexibility index (Phi) is 7.19. The molecule has 0 bridgehead atoms. The van der Waals surface area contributed by atoms with E-state index >= 15 is 0 Å². The zero-order valence-corrected chi connectivity index (χ0v) is 18.0. The number of amides is 2. The Balaban J connectivity index is 1.68. The van der Waals surface area contributed by atoms with Crippen molar-refractivity contribution in [3.05, 3.63) is 63.5 Å². The van der Waals surface area contributed by atoms with Gasteiger partial charge in [0.25, 0.3) is 11.6 Å². The fraction of sp³-hybridized carbons (Fsp3) is 0.364. The van der Waals surface area contributed by atoms with Crippen molar-refractivity contribution in [2.75, 3.05) is 29.9 Å². The van der Waals surface area contributed by atoms with Crippen LogP contribution in [0, 0.1) is 39.4 Å². The van der Waals surface area contributed by atoms with Gasteiger partial charge in [0.05, 0.1) is 17.2 Å². The molecule has 2 N–H and O–H groups in total. The van der Waals surface area contributed by atoms with E-state index in [1.165, 1.54) is 12.1 Å². The van der Waals surface area contributed by atoms with E-state index in [0.29, 0.717) is 36.7 Å². The van der Waals surface area contributed by atoms with E-state index in [2.05, 4.69) is 19.2 Å². The number of hydrogen-bond acceptors (Lipinski definition) is 5. The number of hydrogen-bond donors (Lipinski definition) is 2. The molecule has 2 aromatic rings. The zero-order chi connectivity index (χ0) is 24.3. The minimum atomic E-state index is -1.73. The van der Waals surface area contributed by atoms with Crippen molar-refractivity contribution in [3.8, 4) is 0 Å². The molecule has 176 valence electrons. The molecule has 2 unspecified atom stereocenters. The summed E-state index contributed by atoms with van der Waals surface area (Å²) in [5.74, 6) is -5.62. The summed E-state index contributed by atoms with van der Waals surface area (Å²) in [4.78, 5) is 37.4. The van der Waals surface area contributed by atoms with Crippen LogP contribution in [0.5, 0.6) is 0 Å². The molecule has 11 heteroatoms. The smallest absolute Gasteiger partial charge is 0.293 e. The molecule has 3 rings (SSSR count). The van der Waals surface area contributed by atoms with Gasteiger partial charge < -0.3 is 15.5 Å². The van der Waals surface area contributed by atoms with Crippen LogP contribution in [-0.4, -0.2) is 36.4 Å². The molecule has 0 aliphatic carbocycles. The van der Waals surface area contributed by atoms with Crippen LogP contribution in [0.4, 0.5) is 30.2 Å². The molecule has 1 saturated heterocycles. The average Bonchev–Trinajstić information content (AvgIpc) is 2.76. The number of halogens is 3. The summed E-state index contributed by atoms with van der Waals surface area (Å²) in [6, 6.07) is 5.57. The van der Waals surface area contributed by atoms with Crippen LogP contribution in [0.25, 0.3) is 0 Å². The molecule has 2 aromatic carbocycles. The molecule has 1 heterocycles. The molecular weight excluding hydrogens is 441 g/mol. The molecule has 0 radical (unpaired) electrons. The van der Waals surface area contributed by atoms with E-state index < -0.39 is 46.4 Å². The summed E-state index contributed by atoms with van der Waals surface area (Å²) in [6.45, 7) is 4.87. The van der Waals surface area contributed by atoms with Gasteiger partial charge in [-0.2, -0.15) is 0 Å². The summed E-state index contributed by atoms with van der Waals surface area (Å²) in [5.41, 5.74) is -0.424. The van der Waals surface area contributed by atoms with Crippen LogP contribution in [0.1, 0.15) is 30.6 Å². The van der Waals surface area contributed by atoms with E-state index in [1.807, 2.05) is 10.2 Å². The van der Waals surface area contributed by atoms with Gasteiger partial charge in [0.1, 0.15) is 5.69 Å². The van der Waals surface area contributed by atoms with Crippen LogP contribution in [0.2, 0.25) is 0 Å². The Morgan fingerprint density at radius 1 is 1.09 bits per heavy atom. The third kappa shape index (κ3) is 5.60. The molecule has 8 nitrogen and oxygen atoms in total. The van der Waals surface area contributed by atoms with E-state index in [4.69, 9.17) is 0 Å². The third-order valence-corrected chi connectivity index (χ3v) is 5.36. The van der Waals surface area contributed by atoms with Gasteiger partial charge in [0, 0.05) is 24.7 Å². The molecule has 1 aliphatic heterocycles. The standard InChI is InChI=1S/C22H23F3N4O4/c1-12-7-13(2)11-28(10-12)17-6-3-14(8-18(17)29(32)33)22(31)26-9-19(30)27-16-5-4-15(23)20(24)21(16)25/h3-6,8,12-13H,7,9-11H2,1-2H3,(H,26,31)(H,27,30). The maximum Gasteiger partial charge on any atom is 0.293 e. The molecule has 0 spiro atoms. The predicted octanol–water partition coefficient (Wildman–Crippen LogP) is 3.86. The number of nitro benzene ring substituents is 1. The second kappa shape index (κ2) is 9.88. The van der Waals surface area contributed by atoms with Gasteiger partial charge >= 0.3 is 0 Å². The normalized spacial score (nSPS) is 18.0. The van der Waals surface area contributed by atoms with Crippen molar-refractivity contribution < 1.29 is 27.7 Å². The van der Waals surface area contributed by atoms with E-state index in [0.717, 1.165) is 18.6 Å². The maximum atomic E-state index is 13.7. The quantitative estimate of drug-likeness (QED) is 0.384. The summed E-state index contributed by atoms with van der Waals surface area (Å²) >= 11 is 0. The number of anilines is 2. The molecule has 1 aliphatic rings. The van der Waals surface area contributed by atoms with Gasteiger partial charge in [-0.1, -0.05) is 13.8 Å². The Morgan fingerprint density at radius 2 is 1.76 bits per heavy atom. The lowest BCUT2D eigenvalue weighted by Crippen LogP contribution is -2.39. The lowest BCUT2D eigenvalue weighted by Gasteiger charge is -2.36. The highest BCUT2D eigenvalue weighted by atomic mass is 19.2. The van der Waals surface area contributed by atoms with Gasteiger partial charge in [-0.15, -0.1) is 0 Å². The van der Waals surface area contributed by atoms with Crippen molar-refractivity contribution in [3.63, 3.8) is 0 Å². The van der Waals surface area contributed by atoms with Crippen LogP contribution in [0.3, 0.4) is 0 Å². The third-order valence-electron chi connectivity index (χ3n) is 5.36. The SMILES string of the molecule is CC1CC(C)CN(c2ccc(C(=O)NCC(=O)Nc3ccc(F)c(F)c3F)cc2[N+](=O)[O-])C1. The highest BCUT2D eigenvalue weighted by Gasteiger charge is 2.28. The highest BCUT2D eigenvalue weighted by Crippen LogP contribution is 2.33. The first kappa shape index (κ1) is 24.0. The number of nitrogens with one attached hydrogen (secondary N) is 2. The Bertz CT molecular complexity index is 1090. The van der Waals surface area contributed by atoms with Gasteiger partial charge in [0.2, 0.25) is 5.91 Å². The van der Waals surface area contributed by atoms with E-state index in [9.17, 15) is 32.9 Å². The van der Waals surface area contributed by atoms with Gasteiger partial charge in [-0.25, -0.2) is 13.2 Å². The maximum absolute atomic E-state index is 13.7. The fourth-order valence-corrected chi connectivity index (χ4v) is 4.02. The van der Waals surface area contributed by atoms with Gasteiger partial charge in [-0.05, 0) is 42.5 Å². The minimum Gasteiger partial charge on any atom is -0.365 e. The summed E-state index contributed by atoms with van der Waals surface area (Å²) in [6.07, 6.45) is 1.03. The molecule has 33 heavy (non-hydrogen) atoms. The first-order valence-corrected chi connectivity index (χ1v) is 10.3. The number of benzene rings is 2. The van der Waals surface area contributed by atoms with Crippen molar-refractivity contribution in [2.24, 2.45) is 11.8 Å². The number of rotatable bonds is 6. The number of piperidine rings is 1. The molecular formula is C22H23F3N4O4. The first-order valence-electron chi connectivity index (χ1n) is 10.3. The van der Waals surface area contributed by atoms with E-state index in [-0.39, 0.29) is 11.3 Å². The first-order chi connectivity index (χ1) is 15.6. The molecule has 0 saturated carbocycles. The van der Waals surface area contributed by atoms with Crippen LogP contribution in [-0.2, 0) is 4.79 Å². The van der Waals surface area contributed by atoms with Gasteiger partial charge in [0.15, 0.2) is 17.5 Å². The number of carbonyl (C=O) groups excluding carboxylic acids is 2. The minimum absolute atomic E-state index is 0.0321. The lowest BCUT2D eigenvalue weighted by atomic mass is 9.91. The molecule has 0 aromatic heterocycles. The Hall–Kier alpha value is -3.63. The number of carbonyl (C=O) groups is 2. The summed E-state index contributed by atoms with van der Waals surface area (Å²) < 4.78 is 39.9. The summed E-state index contributed by atoms with van der Waals surface area (Å²) in [5, 5.41) is 15.9. The number of nitrogens with zero attached hydrogens (tertiary/aromatic N) is 2. The van der Waals surface area contributed by atoms with Crippen LogP contribution < -0.4 is 15.5 Å². The molecule has 2 atom stereocenters. The fourth-order valence-electron chi connectivity index (χ4n) is 4.02. The second-order valence-corrected chi connectivity index (χ2v) is 8.27. The Labute approximate surface area is 187 Å². The van der Waals surface area contributed by atoms with Crippen molar-refractivity contribution in [1.29, 1.82) is 0 Å². The second-order valence-electron chi connectivity index (χ2n) is 8.27. The largest absolute Gasteiger partial charge is 0.365 e. The van der Waals surface area contributed by atoms with Crippen molar-refractivity contribution in [1.82, 2.24) is 5.32 Å². The van der Waals surface area contributed by atoms with Crippen molar-refractivity contribution in [2.45, 2.75) is 20.3 Å². The zero-order valence-electron chi connectivity index (χ0n) is 18.0. The van der Waals surface area contributed by atoms with Crippen LogP contribution >= 0.6 is 0 Å². The monoisotopic (exact) mass is 464 g/mol. The lowest BCUT2D eigenvalue weighted by molar-refractivity contribution is -0.384. The Morgan fingerprint density at radius 3 is 2.39 bits per heavy atom. The van der Waals surface area contributed by atoms with Crippen LogP contribution in [0.15, 0.2) is 30.3 Å². The topological polar surface area (TPSA) is 105 Å². The predicted molar refractivity (Wildman–Crippen MR) is 116 cm³/mol.